The molecule has 1 nitrogen and oxygen atoms in total. The second-order valence-electron chi connectivity index (χ2n) is 3.34. The molecule has 16 heavy (non-hydrogen) atoms. The number of Topliss-reactive ketones (excluding diaryl/α,β-unsaturated/α-hetero) is 1. The van der Waals surface area contributed by atoms with Gasteiger partial charge < -0.3 is 0 Å². The van der Waals surface area contributed by atoms with E-state index in [4.69, 9.17) is 0 Å². The van der Waals surface area contributed by atoms with Gasteiger partial charge in [0.1, 0.15) is 5.82 Å². The topological polar surface area (TPSA) is 17.1 Å². The van der Waals surface area contributed by atoms with Crippen molar-refractivity contribution >= 4 is 33.0 Å². The lowest BCUT2D eigenvalue weighted by atomic mass is 10.1. The van der Waals surface area contributed by atoms with Crippen molar-refractivity contribution in [3.8, 4) is 0 Å². The molecule has 0 atom stereocenters. The molecular formula is C12H8BrFOS. The molecule has 0 saturated heterocycles. The number of benzene rings is 1. The van der Waals surface area contributed by atoms with Crippen LogP contribution < -0.4 is 0 Å². The summed E-state index contributed by atoms with van der Waals surface area (Å²) in [6, 6.07) is 7.69. The van der Waals surface area contributed by atoms with Crippen LogP contribution in [0.5, 0.6) is 0 Å². The molecule has 0 N–H and O–H groups in total. The van der Waals surface area contributed by atoms with Crippen LogP contribution in [-0.4, -0.2) is 5.78 Å². The van der Waals surface area contributed by atoms with Crippen molar-refractivity contribution in [1.82, 2.24) is 0 Å². The highest BCUT2D eigenvalue weighted by molar-refractivity contribution is 9.10. The quantitative estimate of drug-likeness (QED) is 0.781. The summed E-state index contributed by atoms with van der Waals surface area (Å²) in [5, 5.41) is 1.92. The molecule has 0 spiro atoms. The van der Waals surface area contributed by atoms with Crippen molar-refractivity contribution in [2.45, 2.75) is 6.42 Å². The molecule has 2 aromatic rings. The highest BCUT2D eigenvalue weighted by atomic mass is 79.9. The van der Waals surface area contributed by atoms with Crippen LogP contribution in [0.3, 0.4) is 0 Å². The van der Waals surface area contributed by atoms with E-state index in [1.54, 1.807) is 12.1 Å². The average Bonchev–Trinajstić information content (AvgIpc) is 2.64. The Morgan fingerprint density at radius 3 is 2.81 bits per heavy atom. The first-order chi connectivity index (χ1) is 7.65. The number of thiophene rings is 1. The van der Waals surface area contributed by atoms with Crippen LogP contribution >= 0.6 is 27.3 Å². The first-order valence-corrected chi connectivity index (χ1v) is 6.34. The third kappa shape index (κ3) is 2.77. The molecule has 0 aliphatic rings. The van der Waals surface area contributed by atoms with Crippen molar-refractivity contribution < 1.29 is 9.18 Å². The Morgan fingerprint density at radius 2 is 2.19 bits per heavy atom. The average molecular weight is 299 g/mol. The van der Waals surface area contributed by atoms with Crippen molar-refractivity contribution in [2.24, 2.45) is 0 Å². The lowest BCUT2D eigenvalue weighted by Crippen LogP contribution is -2.02. The maximum absolute atomic E-state index is 12.9. The summed E-state index contributed by atoms with van der Waals surface area (Å²) in [6.45, 7) is 0. The molecule has 4 heteroatoms. The largest absolute Gasteiger partial charge is 0.294 e. The number of rotatable bonds is 3. The summed E-state index contributed by atoms with van der Waals surface area (Å²) in [7, 11) is 0. The van der Waals surface area contributed by atoms with Crippen molar-refractivity contribution in [3.63, 3.8) is 0 Å². The summed E-state index contributed by atoms with van der Waals surface area (Å²) < 4.78 is 13.9. The fourth-order valence-corrected chi connectivity index (χ4v) is 2.82. The van der Waals surface area contributed by atoms with Gasteiger partial charge >= 0.3 is 0 Å². The molecule has 1 aromatic heterocycles. The van der Waals surface area contributed by atoms with Crippen LogP contribution in [-0.2, 0) is 6.42 Å². The molecule has 0 amide bonds. The van der Waals surface area contributed by atoms with E-state index in [0.717, 1.165) is 9.35 Å². The van der Waals surface area contributed by atoms with Gasteiger partial charge in [-0.1, -0.05) is 12.1 Å². The number of ketones is 1. The minimum absolute atomic E-state index is 0.0612. The molecule has 82 valence electrons. The first kappa shape index (κ1) is 11.5. The van der Waals surface area contributed by atoms with Crippen LogP contribution in [0.15, 0.2) is 40.2 Å². The third-order valence-electron chi connectivity index (χ3n) is 2.10. The number of carbonyl (C=O) groups is 1. The second-order valence-corrected chi connectivity index (χ2v) is 5.25. The van der Waals surface area contributed by atoms with E-state index in [-0.39, 0.29) is 11.6 Å². The smallest absolute Gasteiger partial charge is 0.168 e. The number of hydrogen-bond donors (Lipinski definition) is 0. The van der Waals surface area contributed by atoms with Crippen LogP contribution in [0.25, 0.3) is 0 Å². The first-order valence-electron chi connectivity index (χ1n) is 4.67. The maximum atomic E-state index is 12.9. The van der Waals surface area contributed by atoms with E-state index in [9.17, 15) is 9.18 Å². The molecule has 2 rings (SSSR count). The molecule has 0 unspecified atom stereocenters. The second kappa shape index (κ2) is 4.89. The molecule has 1 aromatic carbocycles. The number of halogens is 2. The molecule has 0 radical (unpaired) electrons. The Labute approximate surface area is 105 Å². The summed E-state index contributed by atoms with van der Waals surface area (Å²) >= 11 is 4.84. The Balaban J connectivity index is 2.14. The highest BCUT2D eigenvalue weighted by Gasteiger charge is 2.09. The zero-order valence-corrected chi connectivity index (χ0v) is 10.6. The van der Waals surface area contributed by atoms with E-state index >= 15 is 0 Å². The lowest BCUT2D eigenvalue weighted by molar-refractivity contribution is 0.0993. The third-order valence-corrected chi connectivity index (χ3v) is 3.80. The van der Waals surface area contributed by atoms with Gasteiger partial charge in [0.2, 0.25) is 0 Å². The molecule has 0 aliphatic carbocycles. The van der Waals surface area contributed by atoms with E-state index in [1.807, 2.05) is 11.4 Å². The van der Waals surface area contributed by atoms with E-state index in [0.29, 0.717) is 12.0 Å². The zero-order valence-electron chi connectivity index (χ0n) is 8.24. The van der Waals surface area contributed by atoms with Gasteiger partial charge in [-0.2, -0.15) is 0 Å². The minimum Gasteiger partial charge on any atom is -0.294 e. The van der Waals surface area contributed by atoms with E-state index < -0.39 is 0 Å². The normalized spacial score (nSPS) is 10.4. The Kier molecular flexibility index (Phi) is 3.51. The van der Waals surface area contributed by atoms with Gasteiger partial charge in [0.15, 0.2) is 5.78 Å². The molecule has 0 aliphatic heterocycles. The fourth-order valence-electron chi connectivity index (χ4n) is 1.37. The van der Waals surface area contributed by atoms with Crippen molar-refractivity contribution in [2.75, 3.05) is 0 Å². The standard InChI is InChI=1S/C12H8BrFOS/c13-9-5-11(16-7-9)6-12(15)8-2-1-3-10(14)4-8/h1-5,7H,6H2. The van der Waals surface area contributed by atoms with Crippen LogP contribution in [0, 0.1) is 5.82 Å². The summed E-state index contributed by atoms with van der Waals surface area (Å²) in [5.41, 5.74) is 0.421. The summed E-state index contributed by atoms with van der Waals surface area (Å²) in [4.78, 5) is 12.8. The van der Waals surface area contributed by atoms with Crippen molar-refractivity contribution in [3.05, 3.63) is 56.4 Å². The van der Waals surface area contributed by atoms with Crippen LogP contribution in [0.2, 0.25) is 0 Å². The molecule has 1 heterocycles. The maximum Gasteiger partial charge on any atom is 0.168 e. The lowest BCUT2D eigenvalue weighted by Gasteiger charge is -1.98. The van der Waals surface area contributed by atoms with Crippen LogP contribution in [0.4, 0.5) is 4.39 Å². The molecule has 0 bridgehead atoms. The summed E-state index contributed by atoms with van der Waals surface area (Å²) in [5.74, 6) is -0.438. The Morgan fingerprint density at radius 1 is 1.38 bits per heavy atom. The highest BCUT2D eigenvalue weighted by Crippen LogP contribution is 2.21. The Bertz CT molecular complexity index is 521. The minimum atomic E-state index is -0.377. The van der Waals surface area contributed by atoms with E-state index in [1.165, 1.54) is 23.5 Å². The van der Waals surface area contributed by atoms with Gasteiger partial charge in [-0.15, -0.1) is 11.3 Å². The van der Waals surface area contributed by atoms with Gasteiger partial charge in [0.25, 0.3) is 0 Å². The monoisotopic (exact) mass is 298 g/mol. The summed E-state index contributed by atoms with van der Waals surface area (Å²) in [6.07, 6.45) is 0.319. The van der Waals surface area contributed by atoms with Gasteiger partial charge in [0, 0.05) is 26.7 Å². The number of hydrogen-bond acceptors (Lipinski definition) is 2. The van der Waals surface area contributed by atoms with Gasteiger partial charge in [-0.3, -0.25) is 4.79 Å². The molecular weight excluding hydrogens is 291 g/mol. The molecule has 0 saturated carbocycles. The SMILES string of the molecule is O=C(Cc1cc(Br)cs1)c1cccc(F)c1. The predicted octanol–water partition coefficient (Wildman–Crippen LogP) is 4.08. The van der Waals surface area contributed by atoms with Crippen molar-refractivity contribution in [1.29, 1.82) is 0 Å². The Hall–Kier alpha value is -1.00. The number of carbonyl (C=O) groups excluding carboxylic acids is 1. The van der Waals surface area contributed by atoms with Gasteiger partial charge in [-0.25, -0.2) is 4.39 Å². The predicted molar refractivity (Wildman–Crippen MR) is 66.5 cm³/mol. The fraction of sp³-hybridized carbons (Fsp3) is 0.0833. The van der Waals surface area contributed by atoms with E-state index in [2.05, 4.69) is 15.9 Å². The van der Waals surface area contributed by atoms with Gasteiger partial charge in [-0.05, 0) is 34.1 Å². The van der Waals surface area contributed by atoms with Gasteiger partial charge in [0.05, 0.1) is 0 Å². The molecule has 0 fully saturated rings. The zero-order chi connectivity index (χ0) is 11.5. The van der Waals surface area contributed by atoms with Crippen LogP contribution in [0.1, 0.15) is 15.2 Å².